The minimum absolute atomic E-state index is 0.902. The molecule has 0 spiro atoms. The van der Waals surface area contributed by atoms with E-state index < -0.39 is 0 Å². The molecule has 0 aromatic carbocycles. The van der Waals surface area contributed by atoms with Crippen LogP contribution >= 0.6 is 0 Å². The van der Waals surface area contributed by atoms with Crippen LogP contribution in [0.4, 0.5) is 0 Å². The van der Waals surface area contributed by atoms with Crippen molar-refractivity contribution < 1.29 is 0 Å². The lowest BCUT2D eigenvalue weighted by Gasteiger charge is -2.08. The summed E-state index contributed by atoms with van der Waals surface area (Å²) in [7, 11) is 0. The molecule has 0 unspecified atom stereocenters. The topological polar surface area (TPSA) is 26.1 Å². The largest absolute Gasteiger partial charge is 0.384 e. The molecule has 1 N–H and O–H groups in total. The van der Waals surface area contributed by atoms with E-state index in [4.69, 9.17) is 0 Å². The molecule has 0 aliphatic carbocycles. The second-order valence-electron chi connectivity index (χ2n) is 2.33. The molecule has 9 heavy (non-hydrogen) atoms. The molecule has 0 fully saturated rings. The van der Waals surface area contributed by atoms with Gasteiger partial charge in [0.05, 0.1) is 6.54 Å². The van der Waals surface area contributed by atoms with Gasteiger partial charge in [-0.3, -0.25) is 0 Å². The summed E-state index contributed by atoms with van der Waals surface area (Å²) in [6, 6.07) is 0. The van der Waals surface area contributed by atoms with Gasteiger partial charge in [0.1, 0.15) is 0 Å². The second kappa shape index (κ2) is 1.88. The summed E-state index contributed by atoms with van der Waals surface area (Å²) in [6.07, 6.45) is 4.31. The average molecular weight is 121 g/mol. The highest BCUT2D eigenvalue weighted by molar-refractivity contribution is 5.33. The Bertz CT molecular complexity index is 179. The SMILES string of the molecule is C1=CC2=C(C[N]C2)NC1. The Balaban J connectivity index is 2.28. The Morgan fingerprint density at radius 1 is 1.44 bits per heavy atom. The first kappa shape index (κ1) is 5.06. The average Bonchev–Trinajstić information content (AvgIpc) is 2.33. The molecule has 1 radical (unpaired) electrons. The van der Waals surface area contributed by atoms with Gasteiger partial charge in [-0.1, -0.05) is 12.2 Å². The summed E-state index contributed by atoms with van der Waals surface area (Å²) in [5.41, 5.74) is 2.71. The van der Waals surface area contributed by atoms with E-state index in [2.05, 4.69) is 22.8 Å². The first-order chi connectivity index (χ1) is 4.47. The molecular formula is C7H9N2. The quantitative estimate of drug-likeness (QED) is 0.480. The Morgan fingerprint density at radius 2 is 2.44 bits per heavy atom. The van der Waals surface area contributed by atoms with Gasteiger partial charge >= 0.3 is 0 Å². The lowest BCUT2D eigenvalue weighted by Crippen LogP contribution is -2.18. The summed E-state index contributed by atoms with van der Waals surface area (Å²) in [5.74, 6) is 0. The van der Waals surface area contributed by atoms with E-state index in [9.17, 15) is 0 Å². The van der Waals surface area contributed by atoms with Crippen LogP contribution in [-0.4, -0.2) is 19.6 Å². The third-order valence-corrected chi connectivity index (χ3v) is 1.69. The van der Waals surface area contributed by atoms with E-state index in [-0.39, 0.29) is 0 Å². The van der Waals surface area contributed by atoms with Crippen molar-refractivity contribution in [2.45, 2.75) is 0 Å². The molecule has 0 saturated carbocycles. The number of hydrogen-bond donors (Lipinski definition) is 1. The molecule has 0 saturated heterocycles. The molecule has 2 nitrogen and oxygen atoms in total. The van der Waals surface area contributed by atoms with Crippen molar-refractivity contribution in [3.05, 3.63) is 23.4 Å². The number of nitrogens with one attached hydrogen (secondary N) is 1. The van der Waals surface area contributed by atoms with Gasteiger partial charge in [0.2, 0.25) is 0 Å². The minimum Gasteiger partial charge on any atom is -0.384 e. The standard InChI is InChI=1S/C7H9N2/c1-2-6-4-8-5-7(6)9-3-1/h1-2,9H,3-5H2. The van der Waals surface area contributed by atoms with Crippen LogP contribution in [-0.2, 0) is 0 Å². The van der Waals surface area contributed by atoms with Crippen molar-refractivity contribution in [3.63, 3.8) is 0 Å². The Labute approximate surface area is 54.6 Å². The molecule has 0 aromatic heterocycles. The number of nitrogens with zero attached hydrogens (tertiary/aromatic N) is 1. The zero-order chi connectivity index (χ0) is 6.10. The number of dihydropyridines is 1. The van der Waals surface area contributed by atoms with E-state index in [0.717, 1.165) is 19.6 Å². The molecular weight excluding hydrogens is 112 g/mol. The highest BCUT2D eigenvalue weighted by atomic mass is 15.0. The van der Waals surface area contributed by atoms with Crippen molar-refractivity contribution >= 4 is 0 Å². The van der Waals surface area contributed by atoms with E-state index in [0.29, 0.717) is 0 Å². The van der Waals surface area contributed by atoms with Gasteiger partial charge in [-0.2, -0.15) is 0 Å². The lowest BCUT2D eigenvalue weighted by molar-refractivity contribution is 0.799. The van der Waals surface area contributed by atoms with E-state index in [1.54, 1.807) is 0 Å². The first-order valence-electron chi connectivity index (χ1n) is 3.22. The fourth-order valence-electron chi connectivity index (χ4n) is 1.19. The van der Waals surface area contributed by atoms with Gasteiger partial charge in [-0.25, -0.2) is 5.32 Å². The van der Waals surface area contributed by atoms with Crippen LogP contribution in [0.1, 0.15) is 0 Å². The predicted molar refractivity (Wildman–Crippen MR) is 36.0 cm³/mol. The maximum atomic E-state index is 4.24. The first-order valence-corrected chi connectivity index (χ1v) is 3.22. The molecule has 2 heteroatoms. The molecule has 0 bridgehead atoms. The van der Waals surface area contributed by atoms with E-state index in [1.165, 1.54) is 11.3 Å². The van der Waals surface area contributed by atoms with Gasteiger partial charge in [0, 0.05) is 18.8 Å². The summed E-state index contributed by atoms with van der Waals surface area (Å²) in [4.78, 5) is 0. The van der Waals surface area contributed by atoms with Crippen LogP contribution in [0.3, 0.4) is 0 Å². The molecule has 2 heterocycles. The minimum atomic E-state index is 0.902. The maximum absolute atomic E-state index is 4.24. The van der Waals surface area contributed by atoms with Crippen LogP contribution in [0.2, 0.25) is 0 Å². The third-order valence-electron chi connectivity index (χ3n) is 1.69. The van der Waals surface area contributed by atoms with E-state index >= 15 is 0 Å². The molecule has 47 valence electrons. The van der Waals surface area contributed by atoms with Crippen LogP contribution in [0.15, 0.2) is 23.4 Å². The second-order valence-corrected chi connectivity index (χ2v) is 2.33. The number of hydrogen-bond acceptors (Lipinski definition) is 1. The van der Waals surface area contributed by atoms with Crippen molar-refractivity contribution in [2.24, 2.45) is 0 Å². The normalized spacial score (nSPS) is 24.0. The molecule has 0 amide bonds. The van der Waals surface area contributed by atoms with Crippen LogP contribution < -0.4 is 10.6 Å². The molecule has 0 aromatic rings. The number of rotatable bonds is 0. The smallest absolute Gasteiger partial charge is 0.0539 e. The highest BCUT2D eigenvalue weighted by Gasteiger charge is 2.13. The molecule has 2 aliphatic rings. The monoisotopic (exact) mass is 121 g/mol. The summed E-state index contributed by atoms with van der Waals surface area (Å²) in [5, 5.41) is 7.52. The Morgan fingerprint density at radius 3 is 3.33 bits per heavy atom. The van der Waals surface area contributed by atoms with Crippen LogP contribution in [0, 0.1) is 0 Å². The third kappa shape index (κ3) is 0.754. The molecule has 2 rings (SSSR count). The molecule has 2 aliphatic heterocycles. The lowest BCUT2D eigenvalue weighted by atomic mass is 10.2. The van der Waals surface area contributed by atoms with E-state index in [1.807, 2.05) is 0 Å². The summed E-state index contributed by atoms with van der Waals surface area (Å²) >= 11 is 0. The maximum Gasteiger partial charge on any atom is 0.0539 e. The zero-order valence-corrected chi connectivity index (χ0v) is 5.22. The highest BCUT2D eigenvalue weighted by Crippen LogP contribution is 2.11. The fraction of sp³-hybridized carbons (Fsp3) is 0.429. The zero-order valence-electron chi connectivity index (χ0n) is 5.22. The fourth-order valence-corrected chi connectivity index (χ4v) is 1.19. The van der Waals surface area contributed by atoms with Gasteiger partial charge in [-0.15, -0.1) is 0 Å². The van der Waals surface area contributed by atoms with Crippen molar-refractivity contribution in [3.8, 4) is 0 Å². The Kier molecular flexibility index (Phi) is 1.06. The van der Waals surface area contributed by atoms with Crippen molar-refractivity contribution in [1.29, 1.82) is 0 Å². The van der Waals surface area contributed by atoms with Gasteiger partial charge < -0.3 is 5.32 Å². The van der Waals surface area contributed by atoms with Gasteiger partial charge in [0.15, 0.2) is 0 Å². The molecule has 0 atom stereocenters. The predicted octanol–water partition coefficient (Wildman–Crippen LogP) is 0.0179. The summed E-state index contributed by atoms with van der Waals surface area (Å²) < 4.78 is 0. The van der Waals surface area contributed by atoms with Crippen molar-refractivity contribution in [1.82, 2.24) is 10.6 Å². The van der Waals surface area contributed by atoms with Crippen molar-refractivity contribution in [2.75, 3.05) is 19.6 Å². The van der Waals surface area contributed by atoms with Gasteiger partial charge in [0.25, 0.3) is 0 Å². The van der Waals surface area contributed by atoms with Crippen LogP contribution in [0.5, 0.6) is 0 Å². The summed E-state index contributed by atoms with van der Waals surface area (Å²) in [6.45, 7) is 2.80. The Hall–Kier alpha value is -0.760. The van der Waals surface area contributed by atoms with Gasteiger partial charge in [-0.05, 0) is 5.57 Å². The van der Waals surface area contributed by atoms with Crippen LogP contribution in [0.25, 0.3) is 0 Å².